The van der Waals surface area contributed by atoms with Crippen LogP contribution in [0.5, 0.6) is 0 Å². The second-order valence-electron chi connectivity index (χ2n) is 6.26. The Kier molecular flexibility index (Phi) is 8.61. The molecule has 0 aliphatic rings. The quantitative estimate of drug-likeness (QED) is 0.185. The third-order valence-corrected chi connectivity index (χ3v) is 4.17. The third-order valence-electron chi connectivity index (χ3n) is 3.93. The Morgan fingerprint density at radius 2 is 1.03 bits per heavy atom. The zero-order chi connectivity index (χ0) is 25.3. The van der Waals surface area contributed by atoms with E-state index in [0.29, 0.717) is 12.8 Å². The monoisotopic (exact) mass is 513 g/mol. The molecule has 0 aliphatic carbocycles. The number of carbonyl (C=O) groups excluding carboxylic acids is 1. The predicted octanol–water partition coefficient (Wildman–Crippen LogP) is 6.33. The highest BCUT2D eigenvalue weighted by Crippen LogP contribution is 2.62. The van der Waals surface area contributed by atoms with Crippen LogP contribution in [-0.4, -0.2) is 53.4 Å². The zero-order valence-electron chi connectivity index (χ0n) is 15.1. The van der Waals surface area contributed by atoms with Crippen LogP contribution in [0.4, 0.5) is 61.5 Å². The van der Waals surface area contributed by atoms with Crippen LogP contribution in [0.15, 0.2) is 0 Å². The van der Waals surface area contributed by atoms with Crippen LogP contribution in [0.3, 0.4) is 0 Å². The van der Waals surface area contributed by atoms with Crippen LogP contribution in [0.1, 0.15) is 32.6 Å². The summed E-state index contributed by atoms with van der Waals surface area (Å²) < 4.78 is 185. The molecule has 0 saturated heterocycles. The molecular weight excluding hydrogens is 500 g/mol. The topological polar surface area (TPSA) is 29.1 Å². The van der Waals surface area contributed by atoms with Gasteiger partial charge in [-0.2, -0.15) is 61.5 Å². The Morgan fingerprint density at radius 1 is 0.645 bits per heavy atom. The van der Waals surface area contributed by atoms with E-state index in [-0.39, 0.29) is 12.8 Å². The van der Waals surface area contributed by atoms with E-state index in [1.807, 2.05) is 0 Å². The maximum atomic E-state index is 13.5. The van der Waals surface area contributed by atoms with E-state index < -0.39 is 53.4 Å². The average molecular weight is 514 g/mol. The molecule has 0 fully saturated rings. The molecule has 0 aromatic carbocycles. The lowest BCUT2D eigenvalue weighted by Crippen LogP contribution is -2.73. The van der Waals surface area contributed by atoms with Gasteiger partial charge < -0.3 is 5.32 Å². The minimum atomic E-state index is -8.24. The predicted molar refractivity (Wildman–Crippen MR) is 77.6 cm³/mol. The highest BCUT2D eigenvalue weighted by Gasteiger charge is 2.93. The highest BCUT2D eigenvalue weighted by atomic mass is 35.5. The van der Waals surface area contributed by atoms with E-state index in [2.05, 4.69) is 11.6 Å². The molecule has 0 atom stereocenters. The van der Waals surface area contributed by atoms with Gasteiger partial charge in [-0.05, 0) is 18.0 Å². The van der Waals surface area contributed by atoms with Gasteiger partial charge in [0.25, 0.3) is 5.91 Å². The summed E-state index contributed by atoms with van der Waals surface area (Å²) in [5, 5.41) is -5.71. The lowest BCUT2D eigenvalue weighted by atomic mass is 9.91. The normalized spacial score (nSPS) is 15.2. The molecular formula is C14H14ClF14NO. The van der Waals surface area contributed by atoms with Crippen molar-refractivity contribution in [3.05, 3.63) is 0 Å². The van der Waals surface area contributed by atoms with Gasteiger partial charge in [0.15, 0.2) is 0 Å². The zero-order valence-corrected chi connectivity index (χ0v) is 15.9. The van der Waals surface area contributed by atoms with Crippen LogP contribution in [0.25, 0.3) is 0 Å². The van der Waals surface area contributed by atoms with E-state index >= 15 is 0 Å². The van der Waals surface area contributed by atoms with Gasteiger partial charge >= 0.3 is 40.9 Å². The van der Waals surface area contributed by atoms with Gasteiger partial charge in [0, 0.05) is 6.54 Å². The average Bonchev–Trinajstić information content (AvgIpc) is 2.59. The molecule has 1 N–H and O–H groups in total. The van der Waals surface area contributed by atoms with E-state index in [1.54, 1.807) is 6.92 Å². The van der Waals surface area contributed by atoms with Gasteiger partial charge in [-0.1, -0.05) is 26.2 Å². The number of amides is 1. The van der Waals surface area contributed by atoms with Crippen LogP contribution in [0, 0.1) is 0 Å². The minimum Gasteiger partial charge on any atom is -0.351 e. The second-order valence-corrected chi connectivity index (χ2v) is 6.74. The summed E-state index contributed by atoms with van der Waals surface area (Å²) in [6, 6.07) is 0. The minimum absolute atomic E-state index is 0.164. The van der Waals surface area contributed by atoms with Crippen molar-refractivity contribution in [3.8, 4) is 0 Å². The molecule has 0 aromatic heterocycles. The number of nitrogens with one attached hydrogen (secondary N) is 1. The van der Waals surface area contributed by atoms with Crippen molar-refractivity contribution in [2.75, 3.05) is 6.54 Å². The van der Waals surface area contributed by atoms with Crippen molar-refractivity contribution in [2.45, 2.75) is 73.5 Å². The molecule has 1 amide bonds. The van der Waals surface area contributed by atoms with E-state index in [4.69, 9.17) is 0 Å². The Bertz CT molecular complexity index is 631. The van der Waals surface area contributed by atoms with Crippen molar-refractivity contribution in [1.29, 1.82) is 0 Å². The lowest BCUT2D eigenvalue weighted by Gasteiger charge is -2.41. The Hall–Kier alpha value is -1.22. The van der Waals surface area contributed by atoms with Crippen molar-refractivity contribution in [2.24, 2.45) is 0 Å². The molecule has 0 saturated carbocycles. The van der Waals surface area contributed by atoms with E-state index in [1.165, 1.54) is 0 Å². The molecule has 31 heavy (non-hydrogen) atoms. The Balaban J connectivity index is 6.06. The number of carbonyl (C=O) groups is 1. The second kappa shape index (κ2) is 8.96. The summed E-state index contributed by atoms with van der Waals surface area (Å²) in [5.74, 6) is -50.0. The van der Waals surface area contributed by atoms with Gasteiger partial charge in [-0.15, -0.1) is 0 Å². The molecule has 0 rings (SSSR count). The van der Waals surface area contributed by atoms with Gasteiger partial charge in [0.05, 0.1) is 0 Å². The fourth-order valence-electron chi connectivity index (χ4n) is 1.97. The molecule has 2 nitrogen and oxygen atoms in total. The maximum Gasteiger partial charge on any atom is 0.393 e. The van der Waals surface area contributed by atoms with Gasteiger partial charge in [0.2, 0.25) is 0 Å². The van der Waals surface area contributed by atoms with Crippen molar-refractivity contribution >= 4 is 17.5 Å². The number of rotatable bonds is 12. The highest BCUT2D eigenvalue weighted by molar-refractivity contribution is 6.22. The summed E-state index contributed by atoms with van der Waals surface area (Å²) >= 11 is 3.47. The first-order chi connectivity index (χ1) is 13.5. The molecule has 0 bridgehead atoms. The molecule has 0 heterocycles. The maximum absolute atomic E-state index is 13.5. The van der Waals surface area contributed by atoms with E-state index in [9.17, 15) is 66.3 Å². The largest absolute Gasteiger partial charge is 0.393 e. The molecule has 0 spiro atoms. The summed E-state index contributed by atoms with van der Waals surface area (Å²) in [4.78, 5) is 11.1. The number of halogens is 15. The number of unbranched alkanes of at least 4 members (excludes halogenated alkanes) is 3. The summed E-state index contributed by atoms with van der Waals surface area (Å²) in [6.07, 6.45) is 1.09. The molecule has 0 aromatic rings. The van der Waals surface area contributed by atoms with Crippen molar-refractivity contribution < 1.29 is 66.3 Å². The molecule has 17 heteroatoms. The van der Waals surface area contributed by atoms with Crippen molar-refractivity contribution in [1.82, 2.24) is 5.32 Å². The number of alkyl halides is 15. The third kappa shape index (κ3) is 4.77. The fraction of sp³-hybridized carbons (Fsp3) is 0.929. The van der Waals surface area contributed by atoms with Gasteiger partial charge in [0.1, 0.15) is 0 Å². The van der Waals surface area contributed by atoms with Gasteiger partial charge in [-0.25, -0.2) is 0 Å². The van der Waals surface area contributed by atoms with Crippen molar-refractivity contribution in [3.63, 3.8) is 0 Å². The molecule has 0 unspecified atom stereocenters. The standard InChI is InChI=1S/C14H14ClF14NO/c1-2-3-4-5-6-30-7(31)8(16,17)9(18,19)10(20,21)11(22,23)12(24,25)13(26,27)14(15,28)29/h2-6H2,1H3,(H,30,31). The van der Waals surface area contributed by atoms with E-state index in [0.717, 1.165) is 5.32 Å². The van der Waals surface area contributed by atoms with Crippen LogP contribution in [-0.2, 0) is 4.79 Å². The lowest BCUT2D eigenvalue weighted by molar-refractivity contribution is -0.431. The number of hydrogen-bond acceptors (Lipinski definition) is 1. The van der Waals surface area contributed by atoms with Crippen LogP contribution in [0.2, 0.25) is 0 Å². The first kappa shape index (κ1) is 29.8. The molecule has 0 radical (unpaired) electrons. The van der Waals surface area contributed by atoms with Gasteiger partial charge in [-0.3, -0.25) is 4.79 Å². The first-order valence-corrected chi connectivity index (χ1v) is 8.48. The van der Waals surface area contributed by atoms with Crippen LogP contribution < -0.4 is 5.32 Å². The number of hydrogen-bond donors (Lipinski definition) is 1. The SMILES string of the molecule is CCCCCCNC(=O)C(F)(F)C(F)(F)C(F)(F)C(F)(F)C(F)(F)C(F)(F)C(F)(F)Cl. The summed E-state index contributed by atoms with van der Waals surface area (Å²) in [5.41, 5.74) is 0. The first-order valence-electron chi connectivity index (χ1n) is 8.10. The molecule has 186 valence electrons. The fourth-order valence-corrected chi connectivity index (χ4v) is 2.09. The summed E-state index contributed by atoms with van der Waals surface area (Å²) in [6.45, 7) is 0.827. The molecule has 0 aliphatic heterocycles. The van der Waals surface area contributed by atoms with Crippen LogP contribution >= 0.6 is 11.6 Å². The summed E-state index contributed by atoms with van der Waals surface area (Å²) in [7, 11) is 0. The smallest absolute Gasteiger partial charge is 0.351 e. The Labute approximate surface area is 170 Å². The Morgan fingerprint density at radius 3 is 1.42 bits per heavy atom.